The zero-order valence-corrected chi connectivity index (χ0v) is 20.8. The fraction of sp³-hybridized carbons (Fsp3) is 0.667. The Balaban J connectivity index is 1.06. The third-order valence-electron chi connectivity index (χ3n) is 8.19. The first kappa shape index (κ1) is 24.4. The van der Waals surface area contributed by atoms with Gasteiger partial charge in [-0.25, -0.2) is 0 Å². The number of unbranched alkanes of at least 4 members (excludes halogenated alkanes) is 1. The van der Waals surface area contributed by atoms with Crippen LogP contribution in [0.5, 0.6) is 0 Å². The minimum Gasteiger partial charge on any atom is -0.322 e. The second-order valence-corrected chi connectivity index (χ2v) is 10.7. The lowest BCUT2D eigenvalue weighted by Gasteiger charge is -2.35. The molecule has 3 amide bonds. The second kappa shape index (κ2) is 11.2. The fourth-order valence-corrected chi connectivity index (χ4v) is 6.09. The molecular weight excluding hydrogens is 442 g/mol. The number of piperazine rings is 1. The number of nitrogens with one attached hydrogen (secondary N) is 2. The maximum absolute atomic E-state index is 12.9. The number of imide groups is 1. The average molecular weight is 482 g/mol. The summed E-state index contributed by atoms with van der Waals surface area (Å²) in [7, 11) is 0. The Bertz CT molecular complexity index is 937. The number of hydrogen-bond donors (Lipinski definition) is 2. The van der Waals surface area contributed by atoms with Gasteiger partial charge in [0.25, 0.3) is 5.91 Å². The SMILES string of the molecule is O=C1CCC(N2Cc3cc(CN4CCN(CCCCC5CCCNC5)CC4)ccc3C2=O)C(=O)N1. The zero-order valence-electron chi connectivity index (χ0n) is 20.8. The van der Waals surface area contributed by atoms with Crippen LogP contribution in [0.1, 0.15) is 66.4 Å². The van der Waals surface area contributed by atoms with Crippen molar-refractivity contribution >= 4 is 17.7 Å². The van der Waals surface area contributed by atoms with E-state index >= 15 is 0 Å². The number of amides is 3. The molecule has 190 valence electrons. The molecule has 2 N–H and O–H groups in total. The van der Waals surface area contributed by atoms with Crippen LogP contribution in [0.15, 0.2) is 18.2 Å². The van der Waals surface area contributed by atoms with Crippen molar-refractivity contribution in [2.75, 3.05) is 45.8 Å². The highest BCUT2D eigenvalue weighted by atomic mass is 16.2. The fourth-order valence-electron chi connectivity index (χ4n) is 6.09. The van der Waals surface area contributed by atoms with E-state index in [9.17, 15) is 14.4 Å². The van der Waals surface area contributed by atoms with Gasteiger partial charge in [0.2, 0.25) is 11.8 Å². The molecule has 3 fully saturated rings. The molecule has 8 nitrogen and oxygen atoms in total. The lowest BCUT2D eigenvalue weighted by molar-refractivity contribution is -0.136. The average Bonchev–Trinajstić information content (AvgIpc) is 3.19. The van der Waals surface area contributed by atoms with Gasteiger partial charge >= 0.3 is 0 Å². The largest absolute Gasteiger partial charge is 0.322 e. The van der Waals surface area contributed by atoms with Gasteiger partial charge in [0.05, 0.1) is 0 Å². The Kier molecular flexibility index (Phi) is 7.80. The van der Waals surface area contributed by atoms with Gasteiger partial charge in [-0.05, 0) is 74.8 Å². The topological polar surface area (TPSA) is 85.0 Å². The molecule has 8 heteroatoms. The third kappa shape index (κ3) is 5.93. The maximum atomic E-state index is 12.9. The molecule has 3 saturated heterocycles. The molecule has 4 aliphatic heterocycles. The minimum absolute atomic E-state index is 0.102. The van der Waals surface area contributed by atoms with E-state index in [2.05, 4.69) is 32.6 Å². The van der Waals surface area contributed by atoms with Crippen molar-refractivity contribution in [3.63, 3.8) is 0 Å². The van der Waals surface area contributed by atoms with Gasteiger partial charge in [-0.1, -0.05) is 18.6 Å². The van der Waals surface area contributed by atoms with Crippen molar-refractivity contribution in [3.8, 4) is 0 Å². The van der Waals surface area contributed by atoms with Gasteiger partial charge < -0.3 is 15.1 Å². The molecule has 0 radical (unpaired) electrons. The first-order valence-electron chi connectivity index (χ1n) is 13.5. The monoisotopic (exact) mass is 481 g/mol. The number of carbonyl (C=O) groups is 3. The van der Waals surface area contributed by atoms with Crippen molar-refractivity contribution in [2.45, 2.75) is 64.1 Å². The Hall–Kier alpha value is -2.29. The van der Waals surface area contributed by atoms with Crippen LogP contribution in [0.3, 0.4) is 0 Å². The summed E-state index contributed by atoms with van der Waals surface area (Å²) < 4.78 is 0. The van der Waals surface area contributed by atoms with Gasteiger partial charge in [0.1, 0.15) is 6.04 Å². The van der Waals surface area contributed by atoms with Crippen LogP contribution in [-0.4, -0.2) is 84.3 Å². The summed E-state index contributed by atoms with van der Waals surface area (Å²) in [4.78, 5) is 43.4. The van der Waals surface area contributed by atoms with Gasteiger partial charge in [-0.3, -0.25) is 24.6 Å². The van der Waals surface area contributed by atoms with Crippen molar-refractivity contribution in [3.05, 3.63) is 34.9 Å². The number of fused-ring (bicyclic) bond motifs is 1. The summed E-state index contributed by atoms with van der Waals surface area (Å²) in [5.41, 5.74) is 2.90. The molecule has 2 atom stereocenters. The Labute approximate surface area is 208 Å². The van der Waals surface area contributed by atoms with Crippen LogP contribution >= 0.6 is 0 Å². The number of piperidine rings is 2. The van der Waals surface area contributed by atoms with Crippen LogP contribution < -0.4 is 10.6 Å². The maximum Gasteiger partial charge on any atom is 0.255 e. The van der Waals surface area contributed by atoms with Crippen molar-refractivity contribution in [2.24, 2.45) is 5.92 Å². The highest BCUT2D eigenvalue weighted by Crippen LogP contribution is 2.28. The van der Waals surface area contributed by atoms with E-state index in [-0.39, 0.29) is 24.1 Å². The molecule has 35 heavy (non-hydrogen) atoms. The molecule has 0 aromatic heterocycles. The van der Waals surface area contributed by atoms with Crippen LogP contribution in [0.25, 0.3) is 0 Å². The van der Waals surface area contributed by atoms with E-state index < -0.39 is 6.04 Å². The summed E-state index contributed by atoms with van der Waals surface area (Å²) in [6.45, 7) is 9.35. The van der Waals surface area contributed by atoms with E-state index in [0.717, 1.165) is 44.2 Å². The van der Waals surface area contributed by atoms with Crippen molar-refractivity contribution < 1.29 is 14.4 Å². The van der Waals surface area contributed by atoms with Crippen LogP contribution in [0, 0.1) is 5.92 Å². The van der Waals surface area contributed by atoms with Gasteiger partial charge in [0, 0.05) is 51.3 Å². The first-order valence-corrected chi connectivity index (χ1v) is 13.5. The first-order chi connectivity index (χ1) is 17.1. The van der Waals surface area contributed by atoms with Crippen LogP contribution in [-0.2, 0) is 22.7 Å². The summed E-state index contributed by atoms with van der Waals surface area (Å²) in [6.07, 6.45) is 7.44. The summed E-state index contributed by atoms with van der Waals surface area (Å²) in [5.74, 6) is 0.176. The summed E-state index contributed by atoms with van der Waals surface area (Å²) >= 11 is 0. The molecule has 1 aromatic carbocycles. The third-order valence-corrected chi connectivity index (χ3v) is 8.19. The Morgan fingerprint density at radius 1 is 0.971 bits per heavy atom. The molecule has 4 heterocycles. The van der Waals surface area contributed by atoms with E-state index in [1.807, 2.05) is 6.07 Å². The Morgan fingerprint density at radius 3 is 2.57 bits per heavy atom. The molecule has 0 saturated carbocycles. The highest BCUT2D eigenvalue weighted by Gasteiger charge is 2.39. The zero-order chi connectivity index (χ0) is 24.2. The lowest BCUT2D eigenvalue weighted by Crippen LogP contribution is -2.52. The normalized spacial score (nSPS) is 26.2. The van der Waals surface area contributed by atoms with Crippen LogP contribution in [0.4, 0.5) is 0 Å². The summed E-state index contributed by atoms with van der Waals surface area (Å²) in [5, 5.41) is 5.89. The smallest absolute Gasteiger partial charge is 0.255 e. The van der Waals surface area contributed by atoms with E-state index in [4.69, 9.17) is 0 Å². The molecule has 1 aromatic rings. The van der Waals surface area contributed by atoms with E-state index in [1.54, 1.807) is 4.90 Å². The quantitative estimate of drug-likeness (QED) is 0.435. The molecule has 0 spiro atoms. The minimum atomic E-state index is -0.552. The van der Waals surface area contributed by atoms with Crippen molar-refractivity contribution in [1.82, 2.24) is 25.3 Å². The number of benzene rings is 1. The highest BCUT2D eigenvalue weighted by molar-refractivity contribution is 6.05. The number of nitrogens with zero attached hydrogens (tertiary/aromatic N) is 3. The molecule has 5 rings (SSSR count). The van der Waals surface area contributed by atoms with Gasteiger partial charge in [-0.2, -0.15) is 0 Å². The molecule has 0 bridgehead atoms. The van der Waals surface area contributed by atoms with Gasteiger partial charge in [-0.15, -0.1) is 0 Å². The Morgan fingerprint density at radius 2 is 1.80 bits per heavy atom. The predicted molar refractivity (Wildman–Crippen MR) is 134 cm³/mol. The van der Waals surface area contributed by atoms with Crippen LogP contribution in [0.2, 0.25) is 0 Å². The molecule has 4 aliphatic rings. The lowest BCUT2D eigenvalue weighted by atomic mass is 9.94. The number of hydrogen-bond acceptors (Lipinski definition) is 6. The standard InChI is InChI=1S/C27H39N5O3/c33-25-9-8-24(26(34)29-25)32-19-22-16-21(6-7-23(22)27(32)35)18-31-14-12-30(13-15-31)11-2-1-4-20-5-3-10-28-17-20/h6-7,16,20,24,28H,1-5,8-15,17-19H2,(H,29,33,34). The van der Waals surface area contributed by atoms with Crippen molar-refractivity contribution in [1.29, 1.82) is 0 Å². The second-order valence-electron chi connectivity index (χ2n) is 10.7. The number of carbonyl (C=O) groups excluding carboxylic acids is 3. The predicted octanol–water partition coefficient (Wildman–Crippen LogP) is 1.74. The molecule has 0 aliphatic carbocycles. The van der Waals surface area contributed by atoms with E-state index in [1.165, 1.54) is 57.3 Å². The van der Waals surface area contributed by atoms with Gasteiger partial charge in [0.15, 0.2) is 0 Å². The van der Waals surface area contributed by atoms with E-state index in [0.29, 0.717) is 18.5 Å². The molecule has 2 unspecified atom stereocenters. The molecular formula is C27H39N5O3. The number of rotatable bonds is 8. The summed E-state index contributed by atoms with van der Waals surface area (Å²) in [6, 6.07) is 5.54.